The van der Waals surface area contributed by atoms with Crippen LogP contribution < -0.4 is 5.56 Å². The maximum absolute atomic E-state index is 12.1. The number of pyridine rings is 1. The van der Waals surface area contributed by atoms with Gasteiger partial charge in [-0.25, -0.2) is 0 Å². The Bertz CT molecular complexity index is 475. The first-order valence-corrected chi connectivity index (χ1v) is 6.61. The number of aliphatic hydroxyl groups is 1. The van der Waals surface area contributed by atoms with Crippen LogP contribution in [0.1, 0.15) is 0 Å². The quantitative estimate of drug-likeness (QED) is 0.767. The minimum atomic E-state index is -0.243. The van der Waals surface area contributed by atoms with Crippen molar-refractivity contribution in [3.05, 3.63) is 33.2 Å². The van der Waals surface area contributed by atoms with Gasteiger partial charge in [0, 0.05) is 36.9 Å². The molecule has 1 rings (SSSR count). The Morgan fingerprint density at radius 3 is 2.84 bits per heavy atom. The van der Waals surface area contributed by atoms with Gasteiger partial charge in [-0.2, -0.15) is 0 Å². The molecular formula is C12H17BrN2O4. The highest BCUT2D eigenvalue weighted by atomic mass is 79.9. The molecule has 7 heteroatoms. The van der Waals surface area contributed by atoms with E-state index >= 15 is 0 Å². The topological polar surface area (TPSA) is 71.8 Å². The van der Waals surface area contributed by atoms with Crippen molar-refractivity contribution in [1.82, 2.24) is 9.47 Å². The Labute approximate surface area is 119 Å². The molecule has 0 aliphatic heterocycles. The second kappa shape index (κ2) is 8.08. The minimum Gasteiger partial charge on any atom is -0.395 e. The van der Waals surface area contributed by atoms with Crippen LogP contribution in [0.3, 0.4) is 0 Å². The highest BCUT2D eigenvalue weighted by molar-refractivity contribution is 9.10. The first-order chi connectivity index (χ1) is 9.08. The number of hydrogen-bond acceptors (Lipinski definition) is 4. The van der Waals surface area contributed by atoms with E-state index in [0.29, 0.717) is 13.2 Å². The van der Waals surface area contributed by atoms with Crippen LogP contribution in [0.5, 0.6) is 0 Å². The molecule has 0 unspecified atom stereocenters. The predicted octanol–water partition coefficient (Wildman–Crippen LogP) is 0.0781. The molecule has 0 aliphatic carbocycles. The van der Waals surface area contributed by atoms with Gasteiger partial charge in [-0.3, -0.25) is 9.59 Å². The first-order valence-electron chi connectivity index (χ1n) is 5.82. The Morgan fingerprint density at radius 1 is 1.47 bits per heavy atom. The maximum Gasteiger partial charge on any atom is 0.251 e. The summed E-state index contributed by atoms with van der Waals surface area (Å²) in [7, 11) is 1.54. The molecule has 0 atom stereocenters. The summed E-state index contributed by atoms with van der Waals surface area (Å²) in [4.78, 5) is 25.1. The number of aromatic nitrogens is 1. The van der Waals surface area contributed by atoms with Crippen LogP contribution in [0.2, 0.25) is 0 Å². The molecule has 0 aliphatic rings. The van der Waals surface area contributed by atoms with Gasteiger partial charge < -0.3 is 19.3 Å². The van der Waals surface area contributed by atoms with E-state index < -0.39 is 0 Å². The number of hydrogen-bond donors (Lipinski definition) is 1. The summed E-state index contributed by atoms with van der Waals surface area (Å²) in [5, 5.41) is 8.94. The fraction of sp³-hybridized carbons (Fsp3) is 0.500. The van der Waals surface area contributed by atoms with E-state index in [-0.39, 0.29) is 31.2 Å². The van der Waals surface area contributed by atoms with Gasteiger partial charge in [0.15, 0.2) is 0 Å². The van der Waals surface area contributed by atoms with Crippen molar-refractivity contribution >= 4 is 21.8 Å². The summed E-state index contributed by atoms with van der Waals surface area (Å²) >= 11 is 3.25. The minimum absolute atomic E-state index is 0.0536. The molecule has 1 aromatic heterocycles. The van der Waals surface area contributed by atoms with E-state index in [9.17, 15) is 9.59 Å². The zero-order valence-electron chi connectivity index (χ0n) is 10.7. The van der Waals surface area contributed by atoms with Crippen molar-refractivity contribution in [2.24, 2.45) is 0 Å². The average Bonchev–Trinajstić information content (AvgIpc) is 2.38. The first kappa shape index (κ1) is 15.9. The molecule has 1 heterocycles. The molecule has 19 heavy (non-hydrogen) atoms. The normalized spacial score (nSPS) is 10.5. The maximum atomic E-state index is 12.1. The largest absolute Gasteiger partial charge is 0.395 e. The number of rotatable bonds is 7. The van der Waals surface area contributed by atoms with E-state index in [2.05, 4.69) is 15.9 Å². The number of nitrogens with zero attached hydrogens (tertiary/aromatic N) is 2. The van der Waals surface area contributed by atoms with E-state index in [1.165, 1.54) is 15.5 Å². The smallest absolute Gasteiger partial charge is 0.251 e. The van der Waals surface area contributed by atoms with Gasteiger partial charge in [0.25, 0.3) is 5.56 Å². The van der Waals surface area contributed by atoms with Crippen molar-refractivity contribution < 1.29 is 14.6 Å². The molecule has 0 aromatic carbocycles. The number of aliphatic hydroxyl groups excluding tert-OH is 1. The van der Waals surface area contributed by atoms with Crippen LogP contribution in [0.4, 0.5) is 0 Å². The molecule has 0 saturated heterocycles. The molecule has 0 saturated carbocycles. The van der Waals surface area contributed by atoms with Crippen LogP contribution in [-0.4, -0.2) is 53.9 Å². The lowest BCUT2D eigenvalue weighted by molar-refractivity contribution is -0.133. The molecule has 1 N–H and O–H groups in total. The Kier molecular flexibility index (Phi) is 6.75. The van der Waals surface area contributed by atoms with Gasteiger partial charge in [-0.15, -0.1) is 0 Å². The Morgan fingerprint density at radius 2 is 2.21 bits per heavy atom. The third-order valence-corrected chi connectivity index (χ3v) is 3.01. The van der Waals surface area contributed by atoms with Crippen molar-refractivity contribution in [3.8, 4) is 0 Å². The number of carbonyl (C=O) groups is 1. The summed E-state index contributed by atoms with van der Waals surface area (Å²) in [6.45, 7) is 0.827. The Hall–Kier alpha value is -1.18. The van der Waals surface area contributed by atoms with Gasteiger partial charge in [-0.1, -0.05) is 0 Å². The van der Waals surface area contributed by atoms with E-state index in [1.54, 1.807) is 19.4 Å². The zero-order chi connectivity index (χ0) is 14.3. The third kappa shape index (κ3) is 5.14. The van der Waals surface area contributed by atoms with Crippen LogP contribution in [-0.2, 0) is 16.1 Å². The number of halogens is 1. The summed E-state index contributed by atoms with van der Waals surface area (Å²) in [6.07, 6.45) is 1.56. The fourth-order valence-corrected chi connectivity index (χ4v) is 1.93. The third-order valence-electron chi connectivity index (χ3n) is 2.54. The molecule has 6 nitrogen and oxygen atoms in total. The lowest BCUT2D eigenvalue weighted by Crippen LogP contribution is -2.39. The second-order valence-electron chi connectivity index (χ2n) is 3.91. The number of carbonyl (C=O) groups excluding carboxylic acids is 1. The molecule has 0 fully saturated rings. The van der Waals surface area contributed by atoms with Crippen molar-refractivity contribution in [3.63, 3.8) is 0 Å². The van der Waals surface area contributed by atoms with Gasteiger partial charge in [0.1, 0.15) is 6.54 Å². The SMILES string of the molecule is COCCN(CCO)C(=O)Cn1cc(Br)ccc1=O. The summed E-state index contributed by atoms with van der Waals surface area (Å²) in [5.74, 6) is -0.230. The van der Waals surface area contributed by atoms with Gasteiger partial charge in [0.2, 0.25) is 5.91 Å². The summed E-state index contributed by atoms with van der Waals surface area (Å²) in [5.41, 5.74) is -0.243. The van der Waals surface area contributed by atoms with Crippen molar-refractivity contribution in [2.75, 3.05) is 33.4 Å². The highest BCUT2D eigenvalue weighted by Gasteiger charge is 2.13. The fourth-order valence-electron chi connectivity index (χ4n) is 1.55. The summed E-state index contributed by atoms with van der Waals surface area (Å²) < 4.78 is 6.96. The van der Waals surface area contributed by atoms with E-state index in [4.69, 9.17) is 9.84 Å². The molecule has 106 valence electrons. The van der Waals surface area contributed by atoms with Gasteiger partial charge in [0.05, 0.1) is 13.2 Å². The number of ether oxygens (including phenoxy) is 1. The molecule has 1 amide bonds. The van der Waals surface area contributed by atoms with Crippen LogP contribution in [0.25, 0.3) is 0 Å². The number of methoxy groups -OCH3 is 1. The Balaban J connectivity index is 2.74. The predicted molar refractivity (Wildman–Crippen MR) is 73.9 cm³/mol. The average molecular weight is 333 g/mol. The monoisotopic (exact) mass is 332 g/mol. The lowest BCUT2D eigenvalue weighted by Gasteiger charge is -2.21. The molecule has 1 aromatic rings. The lowest BCUT2D eigenvalue weighted by atomic mass is 10.4. The zero-order valence-corrected chi connectivity index (χ0v) is 12.3. The van der Waals surface area contributed by atoms with Crippen LogP contribution in [0.15, 0.2) is 27.6 Å². The van der Waals surface area contributed by atoms with Crippen molar-refractivity contribution in [1.29, 1.82) is 0 Å². The molecule has 0 spiro atoms. The van der Waals surface area contributed by atoms with E-state index in [1.807, 2.05) is 0 Å². The van der Waals surface area contributed by atoms with Crippen LogP contribution >= 0.6 is 15.9 Å². The van der Waals surface area contributed by atoms with Crippen molar-refractivity contribution in [2.45, 2.75) is 6.54 Å². The summed E-state index contributed by atoms with van der Waals surface area (Å²) in [6, 6.07) is 3.02. The standard InChI is InChI=1S/C12H17BrN2O4/c1-19-7-5-14(4-6-16)12(18)9-15-8-10(13)2-3-11(15)17/h2-3,8,16H,4-7,9H2,1H3. The van der Waals surface area contributed by atoms with Crippen LogP contribution in [0, 0.1) is 0 Å². The van der Waals surface area contributed by atoms with E-state index in [0.717, 1.165) is 4.47 Å². The molecule has 0 radical (unpaired) electrons. The highest BCUT2D eigenvalue weighted by Crippen LogP contribution is 2.05. The molecule has 0 bridgehead atoms. The number of amides is 1. The van der Waals surface area contributed by atoms with Gasteiger partial charge >= 0.3 is 0 Å². The molecular weight excluding hydrogens is 316 g/mol. The second-order valence-corrected chi connectivity index (χ2v) is 4.83. The van der Waals surface area contributed by atoms with Gasteiger partial charge in [-0.05, 0) is 22.0 Å².